The van der Waals surface area contributed by atoms with Crippen molar-refractivity contribution in [2.24, 2.45) is 16.8 Å². The zero-order valence-electron chi connectivity index (χ0n) is 15.8. The van der Waals surface area contributed by atoms with Crippen LogP contribution >= 0.6 is 24.0 Å². The number of aliphatic imine (C=N–C) groups is 1. The van der Waals surface area contributed by atoms with Gasteiger partial charge in [0.1, 0.15) is 0 Å². The fourth-order valence-corrected chi connectivity index (χ4v) is 3.11. The molecule has 0 spiro atoms. The van der Waals surface area contributed by atoms with E-state index in [0.29, 0.717) is 44.5 Å². The molecule has 0 aromatic heterocycles. The zero-order valence-corrected chi connectivity index (χ0v) is 18.1. The van der Waals surface area contributed by atoms with E-state index in [1.54, 1.807) is 0 Å². The highest BCUT2D eigenvalue weighted by Crippen LogP contribution is 2.28. The molecule has 4 N–H and O–H groups in total. The Kier molecular flexibility index (Phi) is 11.6. The molecule has 0 radical (unpaired) electrons. The Balaban J connectivity index is 0.00000338. The minimum Gasteiger partial charge on any atom is -0.357 e. The summed E-state index contributed by atoms with van der Waals surface area (Å²) in [6.07, 6.45) is 7.62. The zero-order chi connectivity index (χ0) is 17.9. The highest BCUT2D eigenvalue weighted by atomic mass is 127. The van der Waals surface area contributed by atoms with Crippen molar-refractivity contribution in [1.29, 1.82) is 0 Å². The van der Waals surface area contributed by atoms with E-state index in [0.717, 1.165) is 19.4 Å². The van der Waals surface area contributed by atoms with E-state index < -0.39 is 0 Å². The molecular formula is C18H34IN5O2. The van der Waals surface area contributed by atoms with Gasteiger partial charge in [-0.1, -0.05) is 12.8 Å². The molecule has 0 bridgehead atoms. The van der Waals surface area contributed by atoms with Gasteiger partial charge in [-0.25, -0.2) is 0 Å². The second-order valence-electron chi connectivity index (χ2n) is 6.96. The van der Waals surface area contributed by atoms with Gasteiger partial charge in [-0.2, -0.15) is 0 Å². The Bertz CT molecular complexity index is 462. The molecule has 0 aromatic rings. The van der Waals surface area contributed by atoms with Gasteiger partial charge in [0.25, 0.3) is 0 Å². The first-order valence-corrected chi connectivity index (χ1v) is 9.75. The lowest BCUT2D eigenvalue weighted by Gasteiger charge is -2.12. The van der Waals surface area contributed by atoms with Gasteiger partial charge in [-0.05, 0) is 38.5 Å². The Morgan fingerprint density at radius 2 is 1.62 bits per heavy atom. The minimum absolute atomic E-state index is 0. The summed E-state index contributed by atoms with van der Waals surface area (Å²) < 4.78 is 0. The van der Waals surface area contributed by atoms with Gasteiger partial charge in [0.2, 0.25) is 11.8 Å². The molecule has 0 unspecified atom stereocenters. The molecule has 0 heterocycles. The van der Waals surface area contributed by atoms with Crippen LogP contribution in [0.15, 0.2) is 4.99 Å². The summed E-state index contributed by atoms with van der Waals surface area (Å²) in [5.74, 6) is 1.84. The molecule has 0 atom stereocenters. The number of carbonyl (C=O) groups is 2. The van der Waals surface area contributed by atoms with E-state index >= 15 is 0 Å². The fourth-order valence-electron chi connectivity index (χ4n) is 3.11. The number of nitrogens with one attached hydrogen (secondary N) is 4. The van der Waals surface area contributed by atoms with Gasteiger partial charge in [0, 0.05) is 38.5 Å². The van der Waals surface area contributed by atoms with Crippen LogP contribution in [0.1, 0.15) is 51.9 Å². The van der Waals surface area contributed by atoms with E-state index in [1.807, 2.05) is 6.92 Å². The van der Waals surface area contributed by atoms with Crippen molar-refractivity contribution in [3.63, 3.8) is 0 Å². The molecule has 2 saturated carbocycles. The number of amides is 2. The third-order valence-corrected chi connectivity index (χ3v) is 4.66. The molecule has 150 valence electrons. The summed E-state index contributed by atoms with van der Waals surface area (Å²) in [5, 5.41) is 12.2. The van der Waals surface area contributed by atoms with Gasteiger partial charge in [0.15, 0.2) is 5.96 Å². The van der Waals surface area contributed by atoms with Crippen LogP contribution in [-0.4, -0.2) is 50.5 Å². The van der Waals surface area contributed by atoms with Crippen LogP contribution in [0.5, 0.6) is 0 Å². The van der Waals surface area contributed by atoms with Crippen LogP contribution in [0.4, 0.5) is 0 Å². The lowest BCUT2D eigenvalue weighted by Crippen LogP contribution is -2.42. The number of halogens is 1. The van der Waals surface area contributed by atoms with Gasteiger partial charge in [-0.3, -0.25) is 14.6 Å². The molecule has 0 aromatic carbocycles. The standard InChI is InChI=1S/C18H33N5O2.HI/c1-2-19-18(23-12-10-21-17(25)15-7-8-15)22-11-9-20-16(24)13-14-5-3-4-6-14;/h14-15H,2-13H2,1H3,(H,20,24)(H,21,25)(H2,19,22,23);1H. The quantitative estimate of drug-likeness (QED) is 0.165. The van der Waals surface area contributed by atoms with Crippen LogP contribution in [0.3, 0.4) is 0 Å². The Morgan fingerprint density at radius 3 is 2.27 bits per heavy atom. The molecular weight excluding hydrogens is 445 g/mol. The van der Waals surface area contributed by atoms with Crippen molar-refractivity contribution in [3.05, 3.63) is 0 Å². The predicted molar refractivity (Wildman–Crippen MR) is 115 cm³/mol. The van der Waals surface area contributed by atoms with Gasteiger partial charge in [-0.15, -0.1) is 24.0 Å². The first-order chi connectivity index (χ1) is 12.2. The van der Waals surface area contributed by atoms with Crippen molar-refractivity contribution in [3.8, 4) is 0 Å². The summed E-state index contributed by atoms with van der Waals surface area (Å²) in [4.78, 5) is 27.9. The van der Waals surface area contributed by atoms with E-state index in [2.05, 4.69) is 26.3 Å². The molecule has 2 fully saturated rings. The second-order valence-corrected chi connectivity index (χ2v) is 6.96. The van der Waals surface area contributed by atoms with Crippen LogP contribution in [0, 0.1) is 11.8 Å². The first kappa shape index (κ1) is 23.0. The average Bonchev–Trinajstić information content (AvgIpc) is 3.33. The number of hydrogen-bond donors (Lipinski definition) is 4. The summed E-state index contributed by atoms with van der Waals surface area (Å²) in [6, 6.07) is 0. The molecule has 0 aliphatic heterocycles. The van der Waals surface area contributed by atoms with E-state index in [1.165, 1.54) is 25.7 Å². The SMILES string of the molecule is CCNC(=NCCNC(=O)CC1CCCC1)NCCNC(=O)C1CC1.I. The van der Waals surface area contributed by atoms with Gasteiger partial charge < -0.3 is 21.3 Å². The summed E-state index contributed by atoms with van der Waals surface area (Å²) in [6.45, 7) is 5.11. The normalized spacial score (nSPS) is 17.3. The summed E-state index contributed by atoms with van der Waals surface area (Å²) in [5.41, 5.74) is 0. The van der Waals surface area contributed by atoms with Crippen LogP contribution in [0.25, 0.3) is 0 Å². The Morgan fingerprint density at radius 1 is 0.923 bits per heavy atom. The molecule has 2 aliphatic rings. The van der Waals surface area contributed by atoms with E-state index in [4.69, 9.17) is 0 Å². The Labute approximate surface area is 173 Å². The van der Waals surface area contributed by atoms with Crippen molar-refractivity contribution in [1.82, 2.24) is 21.3 Å². The summed E-state index contributed by atoms with van der Waals surface area (Å²) in [7, 11) is 0. The van der Waals surface area contributed by atoms with Crippen LogP contribution in [-0.2, 0) is 9.59 Å². The molecule has 2 aliphatic carbocycles. The van der Waals surface area contributed by atoms with Crippen molar-refractivity contribution >= 4 is 41.8 Å². The maximum Gasteiger partial charge on any atom is 0.223 e. The van der Waals surface area contributed by atoms with Gasteiger partial charge in [0.05, 0.1) is 6.54 Å². The molecule has 7 nitrogen and oxygen atoms in total. The lowest BCUT2D eigenvalue weighted by atomic mass is 10.0. The largest absolute Gasteiger partial charge is 0.357 e. The van der Waals surface area contributed by atoms with Crippen LogP contribution < -0.4 is 21.3 Å². The molecule has 2 rings (SSSR count). The fraction of sp³-hybridized carbons (Fsp3) is 0.833. The van der Waals surface area contributed by atoms with E-state index in [9.17, 15) is 9.59 Å². The molecule has 0 saturated heterocycles. The highest BCUT2D eigenvalue weighted by molar-refractivity contribution is 14.0. The summed E-state index contributed by atoms with van der Waals surface area (Å²) >= 11 is 0. The maximum atomic E-state index is 11.9. The van der Waals surface area contributed by atoms with Crippen molar-refractivity contribution in [2.45, 2.75) is 51.9 Å². The maximum absolute atomic E-state index is 11.9. The van der Waals surface area contributed by atoms with Crippen molar-refractivity contribution in [2.75, 3.05) is 32.7 Å². The smallest absolute Gasteiger partial charge is 0.223 e. The number of hydrogen-bond acceptors (Lipinski definition) is 3. The average molecular weight is 479 g/mol. The number of rotatable bonds is 10. The van der Waals surface area contributed by atoms with Crippen molar-refractivity contribution < 1.29 is 9.59 Å². The first-order valence-electron chi connectivity index (χ1n) is 9.75. The van der Waals surface area contributed by atoms with Crippen LogP contribution in [0.2, 0.25) is 0 Å². The Hall–Kier alpha value is -1.06. The molecule has 26 heavy (non-hydrogen) atoms. The lowest BCUT2D eigenvalue weighted by molar-refractivity contribution is -0.122. The van der Waals surface area contributed by atoms with E-state index in [-0.39, 0.29) is 41.7 Å². The minimum atomic E-state index is 0. The second kappa shape index (κ2) is 13.2. The number of guanidine groups is 1. The topological polar surface area (TPSA) is 94.6 Å². The number of carbonyl (C=O) groups excluding carboxylic acids is 2. The molecule has 2 amide bonds. The predicted octanol–water partition coefficient (Wildman–Crippen LogP) is 1.38. The monoisotopic (exact) mass is 479 g/mol. The van der Waals surface area contributed by atoms with Gasteiger partial charge >= 0.3 is 0 Å². The molecule has 8 heteroatoms. The third kappa shape index (κ3) is 9.59. The highest BCUT2D eigenvalue weighted by Gasteiger charge is 2.28. The third-order valence-electron chi connectivity index (χ3n) is 4.66. The number of nitrogens with zero attached hydrogens (tertiary/aromatic N) is 1.